The molecule has 1 aliphatic heterocycles. The highest BCUT2D eigenvalue weighted by Crippen LogP contribution is 2.29. The van der Waals surface area contributed by atoms with Gasteiger partial charge in [0.1, 0.15) is 0 Å². The number of nitrogens with one attached hydrogen (secondary N) is 1. The molecule has 1 atom stereocenters. The van der Waals surface area contributed by atoms with Crippen LogP contribution in [-0.2, 0) is 11.2 Å². The van der Waals surface area contributed by atoms with E-state index < -0.39 is 0 Å². The summed E-state index contributed by atoms with van der Waals surface area (Å²) in [5, 5.41) is 3.32. The number of rotatable bonds is 4. The number of nitrogens with zero attached hydrogens (tertiary/aromatic N) is 1. The van der Waals surface area contributed by atoms with Gasteiger partial charge in [-0.05, 0) is 30.7 Å². The molecule has 3 rings (SSSR count). The molecule has 0 saturated carbocycles. The third-order valence-electron chi connectivity index (χ3n) is 4.11. The number of likely N-dealkylation sites (N-methyl/N-ethyl adjacent to an activating group) is 1. The molecule has 0 fully saturated rings. The lowest BCUT2D eigenvalue weighted by Gasteiger charge is -2.32. The Kier molecular flexibility index (Phi) is 4.02. The van der Waals surface area contributed by atoms with Crippen LogP contribution in [0, 0.1) is 0 Å². The van der Waals surface area contributed by atoms with Gasteiger partial charge < -0.3 is 10.2 Å². The molecule has 1 aliphatic rings. The van der Waals surface area contributed by atoms with Crippen LogP contribution in [0.2, 0.25) is 0 Å². The predicted molar refractivity (Wildman–Crippen MR) is 85.4 cm³/mol. The Morgan fingerprint density at radius 1 is 1.05 bits per heavy atom. The minimum absolute atomic E-state index is 0.140. The first-order valence-electron chi connectivity index (χ1n) is 7.40. The van der Waals surface area contributed by atoms with Crippen LogP contribution < -0.4 is 10.2 Å². The maximum absolute atomic E-state index is 12.3. The standard InChI is InChI=1S/C18H20N2O/c1-19-16(14-7-3-2-4-8-14)13-20-17-10-6-5-9-15(17)11-12-18(20)21/h2-10,16,19H,11-13H2,1H3. The number of aryl methyl sites for hydroxylation is 1. The molecule has 3 heteroatoms. The molecule has 1 unspecified atom stereocenters. The van der Waals surface area contributed by atoms with Gasteiger partial charge in [0.25, 0.3) is 0 Å². The molecule has 0 saturated heterocycles. The van der Waals surface area contributed by atoms with Crippen molar-refractivity contribution < 1.29 is 4.79 Å². The number of benzene rings is 2. The lowest BCUT2D eigenvalue weighted by atomic mass is 9.99. The Balaban J connectivity index is 1.88. The first-order chi connectivity index (χ1) is 10.3. The summed E-state index contributed by atoms with van der Waals surface area (Å²) >= 11 is 0. The second-order valence-electron chi connectivity index (χ2n) is 5.39. The number of hydrogen-bond donors (Lipinski definition) is 1. The van der Waals surface area contributed by atoms with Gasteiger partial charge in [0.15, 0.2) is 0 Å². The Hall–Kier alpha value is -2.13. The highest BCUT2D eigenvalue weighted by Gasteiger charge is 2.26. The molecule has 0 aliphatic carbocycles. The number of hydrogen-bond acceptors (Lipinski definition) is 2. The Morgan fingerprint density at radius 2 is 1.76 bits per heavy atom. The predicted octanol–water partition coefficient (Wildman–Crippen LogP) is 2.93. The fourth-order valence-electron chi connectivity index (χ4n) is 2.93. The molecule has 0 radical (unpaired) electrons. The smallest absolute Gasteiger partial charge is 0.227 e. The fraction of sp³-hybridized carbons (Fsp3) is 0.278. The summed E-state index contributed by atoms with van der Waals surface area (Å²) in [6, 6.07) is 18.6. The molecule has 0 bridgehead atoms. The average Bonchev–Trinajstić information content (AvgIpc) is 2.55. The van der Waals surface area contributed by atoms with E-state index in [-0.39, 0.29) is 11.9 Å². The van der Waals surface area contributed by atoms with Crippen molar-refractivity contribution >= 4 is 11.6 Å². The Morgan fingerprint density at radius 3 is 2.52 bits per heavy atom. The first kappa shape index (κ1) is 13.8. The van der Waals surface area contributed by atoms with Crippen LogP contribution in [0.5, 0.6) is 0 Å². The second-order valence-corrected chi connectivity index (χ2v) is 5.39. The molecule has 3 nitrogen and oxygen atoms in total. The summed E-state index contributed by atoms with van der Waals surface area (Å²) in [5.41, 5.74) is 3.53. The molecule has 2 aromatic carbocycles. The molecular weight excluding hydrogens is 260 g/mol. The van der Waals surface area contributed by atoms with E-state index in [2.05, 4.69) is 23.5 Å². The van der Waals surface area contributed by atoms with Crippen molar-refractivity contribution in [1.29, 1.82) is 0 Å². The zero-order valence-corrected chi connectivity index (χ0v) is 12.3. The number of anilines is 1. The highest BCUT2D eigenvalue weighted by atomic mass is 16.2. The molecule has 108 valence electrons. The third kappa shape index (κ3) is 2.83. The van der Waals surface area contributed by atoms with Crippen molar-refractivity contribution in [3.05, 3.63) is 65.7 Å². The quantitative estimate of drug-likeness (QED) is 0.934. The van der Waals surface area contributed by atoms with Crippen LogP contribution in [0.3, 0.4) is 0 Å². The molecule has 1 heterocycles. The van der Waals surface area contributed by atoms with E-state index in [1.807, 2.05) is 48.3 Å². The molecule has 0 spiro atoms. The Labute approximate surface area is 125 Å². The summed E-state index contributed by atoms with van der Waals surface area (Å²) in [5.74, 6) is 0.213. The van der Waals surface area contributed by atoms with E-state index in [1.165, 1.54) is 11.1 Å². The molecule has 1 N–H and O–H groups in total. The SMILES string of the molecule is CNC(CN1C(=O)CCc2ccccc21)c1ccccc1. The molecule has 1 amide bonds. The molecular formula is C18H20N2O. The first-order valence-corrected chi connectivity index (χ1v) is 7.40. The summed E-state index contributed by atoms with van der Waals surface area (Å²) in [6.07, 6.45) is 1.45. The number of fused-ring (bicyclic) bond motifs is 1. The summed E-state index contributed by atoms with van der Waals surface area (Å²) in [7, 11) is 1.94. The van der Waals surface area contributed by atoms with Gasteiger partial charge in [0.2, 0.25) is 5.91 Å². The minimum Gasteiger partial charge on any atom is -0.312 e. The highest BCUT2D eigenvalue weighted by molar-refractivity contribution is 5.96. The van der Waals surface area contributed by atoms with Crippen molar-refractivity contribution in [3.8, 4) is 0 Å². The second kappa shape index (κ2) is 6.10. The number of carbonyl (C=O) groups excluding carboxylic acids is 1. The zero-order valence-electron chi connectivity index (χ0n) is 12.3. The van der Waals surface area contributed by atoms with Gasteiger partial charge in [-0.25, -0.2) is 0 Å². The maximum atomic E-state index is 12.3. The lowest BCUT2D eigenvalue weighted by molar-refractivity contribution is -0.119. The van der Waals surface area contributed by atoms with Gasteiger partial charge in [0.05, 0.1) is 6.04 Å². The van der Waals surface area contributed by atoms with Gasteiger partial charge in [0, 0.05) is 18.7 Å². The average molecular weight is 280 g/mol. The monoisotopic (exact) mass is 280 g/mol. The van der Waals surface area contributed by atoms with Crippen LogP contribution >= 0.6 is 0 Å². The largest absolute Gasteiger partial charge is 0.312 e. The van der Waals surface area contributed by atoms with Crippen molar-refractivity contribution in [2.75, 3.05) is 18.5 Å². The van der Waals surface area contributed by atoms with Gasteiger partial charge >= 0.3 is 0 Å². The van der Waals surface area contributed by atoms with Crippen molar-refractivity contribution in [1.82, 2.24) is 5.32 Å². The van der Waals surface area contributed by atoms with Crippen molar-refractivity contribution in [2.45, 2.75) is 18.9 Å². The van der Waals surface area contributed by atoms with Gasteiger partial charge in [-0.3, -0.25) is 4.79 Å². The van der Waals surface area contributed by atoms with E-state index in [1.54, 1.807) is 0 Å². The normalized spacial score (nSPS) is 15.7. The Bertz CT molecular complexity index is 624. The summed E-state index contributed by atoms with van der Waals surface area (Å²) < 4.78 is 0. The lowest BCUT2D eigenvalue weighted by Crippen LogP contribution is -2.40. The number of para-hydroxylation sites is 1. The van der Waals surface area contributed by atoms with Crippen molar-refractivity contribution in [2.24, 2.45) is 0 Å². The van der Waals surface area contributed by atoms with E-state index >= 15 is 0 Å². The van der Waals surface area contributed by atoms with Gasteiger partial charge in [-0.15, -0.1) is 0 Å². The van der Waals surface area contributed by atoms with Gasteiger partial charge in [-0.2, -0.15) is 0 Å². The van der Waals surface area contributed by atoms with E-state index in [4.69, 9.17) is 0 Å². The third-order valence-corrected chi connectivity index (χ3v) is 4.11. The number of carbonyl (C=O) groups is 1. The van der Waals surface area contributed by atoms with E-state index in [0.29, 0.717) is 13.0 Å². The molecule has 21 heavy (non-hydrogen) atoms. The van der Waals surface area contributed by atoms with E-state index in [9.17, 15) is 4.79 Å². The zero-order chi connectivity index (χ0) is 14.7. The summed E-state index contributed by atoms with van der Waals surface area (Å²) in [6.45, 7) is 0.663. The summed E-state index contributed by atoms with van der Waals surface area (Å²) in [4.78, 5) is 14.3. The van der Waals surface area contributed by atoms with Crippen LogP contribution in [0.1, 0.15) is 23.6 Å². The molecule has 2 aromatic rings. The van der Waals surface area contributed by atoms with Crippen LogP contribution in [0.25, 0.3) is 0 Å². The minimum atomic E-state index is 0.140. The molecule has 0 aromatic heterocycles. The fourth-order valence-corrected chi connectivity index (χ4v) is 2.93. The van der Waals surface area contributed by atoms with Crippen LogP contribution in [-0.4, -0.2) is 19.5 Å². The van der Waals surface area contributed by atoms with Crippen LogP contribution in [0.4, 0.5) is 5.69 Å². The topological polar surface area (TPSA) is 32.3 Å². The van der Waals surface area contributed by atoms with Crippen LogP contribution in [0.15, 0.2) is 54.6 Å². The number of amides is 1. The van der Waals surface area contributed by atoms with Crippen molar-refractivity contribution in [3.63, 3.8) is 0 Å². The maximum Gasteiger partial charge on any atom is 0.227 e. The van der Waals surface area contributed by atoms with Gasteiger partial charge in [-0.1, -0.05) is 48.5 Å². The van der Waals surface area contributed by atoms with E-state index in [0.717, 1.165) is 12.1 Å².